The van der Waals surface area contributed by atoms with Gasteiger partial charge in [-0.3, -0.25) is 14.3 Å². The molecule has 40 heavy (non-hydrogen) atoms. The molecule has 210 valence electrons. The van der Waals surface area contributed by atoms with Crippen LogP contribution < -0.4 is 0 Å². The maximum absolute atomic E-state index is 13.6. The summed E-state index contributed by atoms with van der Waals surface area (Å²) < 4.78 is 61.3. The highest BCUT2D eigenvalue weighted by molar-refractivity contribution is 6.06. The number of amides is 3. The van der Waals surface area contributed by atoms with E-state index in [1.165, 1.54) is 18.2 Å². The van der Waals surface area contributed by atoms with Crippen LogP contribution in [0.2, 0.25) is 0 Å². The fraction of sp³-hybridized carbons (Fsp3) is 0.333. The molecule has 3 atom stereocenters. The highest BCUT2D eigenvalue weighted by Gasteiger charge is 2.61. The summed E-state index contributed by atoms with van der Waals surface area (Å²) in [5.41, 5.74) is 0.323. The Morgan fingerprint density at radius 2 is 1.90 bits per heavy atom. The normalized spacial score (nSPS) is 21.1. The van der Waals surface area contributed by atoms with Crippen LogP contribution >= 0.6 is 0 Å². The zero-order valence-electron chi connectivity index (χ0n) is 21.4. The molecule has 9 nitrogen and oxygen atoms in total. The third kappa shape index (κ3) is 4.70. The minimum atomic E-state index is -4.81. The van der Waals surface area contributed by atoms with Crippen molar-refractivity contribution in [1.29, 1.82) is 0 Å². The van der Waals surface area contributed by atoms with Crippen molar-refractivity contribution in [3.8, 4) is 11.1 Å². The number of halogens is 4. The second-order valence-corrected chi connectivity index (χ2v) is 9.88. The lowest BCUT2D eigenvalue weighted by Crippen LogP contribution is -2.51. The first-order valence-electron chi connectivity index (χ1n) is 12.3. The minimum absolute atomic E-state index is 0.218. The molecule has 1 saturated heterocycles. The van der Waals surface area contributed by atoms with Gasteiger partial charge in [-0.25, -0.2) is 14.1 Å². The van der Waals surface area contributed by atoms with E-state index >= 15 is 0 Å². The Kier molecular flexibility index (Phi) is 6.65. The Hall–Kier alpha value is -4.26. The van der Waals surface area contributed by atoms with Crippen LogP contribution in [0, 0.1) is 5.82 Å². The van der Waals surface area contributed by atoms with Gasteiger partial charge in [0.25, 0.3) is 5.91 Å². The number of carbonyl (C=O) groups excluding carboxylic acids is 3. The molecule has 1 aliphatic heterocycles. The third-order valence-corrected chi connectivity index (χ3v) is 7.26. The number of imide groups is 1. The van der Waals surface area contributed by atoms with E-state index in [2.05, 4.69) is 5.10 Å². The van der Waals surface area contributed by atoms with E-state index in [0.717, 1.165) is 24.6 Å². The van der Waals surface area contributed by atoms with Gasteiger partial charge in [-0.2, -0.15) is 18.3 Å². The largest absolute Gasteiger partial charge is 0.427 e. The molecule has 0 radical (unpaired) electrons. The van der Waals surface area contributed by atoms with Gasteiger partial charge in [0.05, 0.1) is 12.3 Å². The van der Waals surface area contributed by atoms with Gasteiger partial charge in [0.2, 0.25) is 11.5 Å². The van der Waals surface area contributed by atoms with E-state index in [-0.39, 0.29) is 17.5 Å². The molecule has 1 aliphatic carbocycles. The lowest BCUT2D eigenvalue weighted by Gasteiger charge is -2.31. The van der Waals surface area contributed by atoms with Gasteiger partial charge in [-0.05, 0) is 41.8 Å². The molecule has 0 saturated carbocycles. The van der Waals surface area contributed by atoms with Crippen LogP contribution in [-0.2, 0) is 33.5 Å². The van der Waals surface area contributed by atoms with Crippen LogP contribution in [0.5, 0.6) is 0 Å². The summed E-state index contributed by atoms with van der Waals surface area (Å²) in [6.45, 7) is -0.780. The lowest BCUT2D eigenvalue weighted by molar-refractivity contribution is -0.187. The lowest BCUT2D eigenvalue weighted by atomic mass is 9.93. The number of rotatable bonds is 6. The van der Waals surface area contributed by atoms with E-state index in [1.807, 2.05) is 0 Å². The van der Waals surface area contributed by atoms with Gasteiger partial charge in [0.1, 0.15) is 18.4 Å². The molecule has 2 heterocycles. The average Bonchev–Trinajstić information content (AvgIpc) is 3.52. The van der Waals surface area contributed by atoms with Gasteiger partial charge in [0.15, 0.2) is 0 Å². The molecule has 3 aromatic rings. The summed E-state index contributed by atoms with van der Waals surface area (Å²) in [4.78, 5) is 40.5. The zero-order valence-corrected chi connectivity index (χ0v) is 21.4. The number of hydrogen-bond acceptors (Lipinski definition) is 6. The van der Waals surface area contributed by atoms with Crippen LogP contribution in [0.25, 0.3) is 11.1 Å². The number of aliphatic hydroxyl groups excluding tert-OH is 1. The number of aromatic nitrogens is 2. The van der Waals surface area contributed by atoms with Crippen molar-refractivity contribution in [2.45, 2.75) is 43.8 Å². The molecule has 3 amide bonds. The molecule has 0 unspecified atom stereocenters. The SMILES string of the molecule is C[C@H](N(Cc1ccc(F)cc1)C(=O)CN1C(=O)O[C@]2(C[C@H](O)c3cc(-c4cnn(C)c4)ccc32)C1=O)C(F)(F)F. The molecule has 1 spiro atoms. The van der Waals surface area contributed by atoms with Crippen LogP contribution in [0.4, 0.5) is 22.4 Å². The van der Waals surface area contributed by atoms with Crippen molar-refractivity contribution in [1.82, 2.24) is 19.6 Å². The van der Waals surface area contributed by atoms with Crippen molar-refractivity contribution < 1.29 is 41.8 Å². The Balaban J connectivity index is 1.41. The Bertz CT molecular complexity index is 1490. The predicted octanol–water partition coefficient (Wildman–Crippen LogP) is 3.82. The summed E-state index contributed by atoms with van der Waals surface area (Å²) in [6.07, 6.45) is -4.14. The first kappa shape index (κ1) is 27.3. The van der Waals surface area contributed by atoms with Crippen LogP contribution in [-0.4, -0.2) is 61.4 Å². The maximum atomic E-state index is 13.6. The summed E-state index contributed by atoms with van der Waals surface area (Å²) >= 11 is 0. The first-order chi connectivity index (χ1) is 18.8. The molecule has 5 rings (SSSR count). The second-order valence-electron chi connectivity index (χ2n) is 9.88. The number of alkyl halides is 3. The molecule has 2 aromatic carbocycles. The van der Waals surface area contributed by atoms with Crippen molar-refractivity contribution in [3.63, 3.8) is 0 Å². The van der Waals surface area contributed by atoms with E-state index in [9.17, 15) is 37.1 Å². The summed E-state index contributed by atoms with van der Waals surface area (Å²) in [5, 5.41) is 14.9. The highest BCUT2D eigenvalue weighted by Crippen LogP contribution is 2.50. The fourth-order valence-electron chi connectivity index (χ4n) is 5.06. The van der Waals surface area contributed by atoms with Crippen molar-refractivity contribution in [2.24, 2.45) is 7.05 Å². The highest BCUT2D eigenvalue weighted by atomic mass is 19.4. The molecule has 1 N–H and O–H groups in total. The topological polar surface area (TPSA) is 105 Å². The number of benzene rings is 2. The smallest absolute Gasteiger partial charge is 0.418 e. The number of nitrogens with zero attached hydrogens (tertiary/aromatic N) is 4. The Morgan fingerprint density at radius 3 is 2.52 bits per heavy atom. The van der Waals surface area contributed by atoms with E-state index < -0.39 is 60.7 Å². The van der Waals surface area contributed by atoms with Gasteiger partial charge in [-0.15, -0.1) is 0 Å². The van der Waals surface area contributed by atoms with Crippen LogP contribution in [0.1, 0.15) is 36.1 Å². The predicted molar refractivity (Wildman–Crippen MR) is 131 cm³/mol. The van der Waals surface area contributed by atoms with Crippen LogP contribution in [0.3, 0.4) is 0 Å². The number of ether oxygens (including phenoxy) is 1. The average molecular weight is 561 g/mol. The zero-order chi connectivity index (χ0) is 29.0. The van der Waals surface area contributed by atoms with Gasteiger partial charge >= 0.3 is 12.3 Å². The number of fused-ring (bicyclic) bond motifs is 2. The van der Waals surface area contributed by atoms with Crippen LogP contribution in [0.15, 0.2) is 54.9 Å². The van der Waals surface area contributed by atoms with Crippen molar-refractivity contribution in [2.75, 3.05) is 6.54 Å². The maximum Gasteiger partial charge on any atom is 0.418 e. The van der Waals surface area contributed by atoms with Gasteiger partial charge in [-0.1, -0.05) is 24.3 Å². The number of aliphatic hydroxyl groups is 1. The Morgan fingerprint density at radius 1 is 1.20 bits per heavy atom. The molecular weight excluding hydrogens is 536 g/mol. The third-order valence-electron chi connectivity index (χ3n) is 7.26. The first-order valence-corrected chi connectivity index (χ1v) is 12.3. The summed E-state index contributed by atoms with van der Waals surface area (Å²) in [5.74, 6) is -2.73. The molecule has 0 bridgehead atoms. The molecule has 2 aliphatic rings. The van der Waals surface area contributed by atoms with E-state index in [1.54, 1.807) is 36.3 Å². The molecule has 1 fully saturated rings. The van der Waals surface area contributed by atoms with Gasteiger partial charge < -0.3 is 14.7 Å². The van der Waals surface area contributed by atoms with Crippen molar-refractivity contribution >= 4 is 17.9 Å². The quantitative estimate of drug-likeness (QED) is 0.460. The monoisotopic (exact) mass is 560 g/mol. The fourth-order valence-corrected chi connectivity index (χ4v) is 5.06. The molecular formula is C27H24F4N4O5. The molecule has 1 aromatic heterocycles. The molecule has 13 heteroatoms. The minimum Gasteiger partial charge on any atom is -0.427 e. The number of carbonyl (C=O) groups is 3. The van der Waals surface area contributed by atoms with E-state index in [4.69, 9.17) is 4.74 Å². The number of aryl methyl sites for hydroxylation is 1. The standard InChI is InChI=1S/C27H24F4N4O5/c1-15(27(29,30)31)34(12-16-3-6-19(28)7-4-16)23(37)14-35-24(38)26(40-25(35)39)10-22(36)20-9-17(5-8-21(20)26)18-11-32-33(2)13-18/h3-9,11,13,15,22,36H,10,12,14H2,1-2H3/t15-,22-,26-/m0/s1. The van der Waals surface area contributed by atoms with E-state index in [0.29, 0.717) is 20.9 Å². The summed E-state index contributed by atoms with van der Waals surface area (Å²) in [6, 6.07) is 7.15. The van der Waals surface area contributed by atoms with Gasteiger partial charge in [0, 0.05) is 37.3 Å². The number of hydrogen-bond donors (Lipinski definition) is 1. The Labute approximate surface area is 225 Å². The van der Waals surface area contributed by atoms with Crippen molar-refractivity contribution in [3.05, 3.63) is 77.4 Å². The second kappa shape index (κ2) is 9.73. The summed E-state index contributed by atoms with van der Waals surface area (Å²) in [7, 11) is 1.74.